The van der Waals surface area contributed by atoms with Crippen LogP contribution in [0.1, 0.15) is 37.3 Å². The normalized spacial score (nSPS) is 16.6. The molecular formula is C22H25N3O5S. The number of nitrogens with two attached hydrogens (primary N) is 1. The molecule has 31 heavy (non-hydrogen) atoms. The first-order valence-corrected chi connectivity index (χ1v) is 11.5. The Labute approximate surface area is 181 Å². The van der Waals surface area contributed by atoms with E-state index in [0.717, 1.165) is 16.0 Å². The lowest BCUT2D eigenvalue weighted by atomic mass is 10.1. The summed E-state index contributed by atoms with van der Waals surface area (Å²) >= 11 is 0. The number of nitrogens with zero attached hydrogens (tertiary/aromatic N) is 2. The SMILES string of the molecule is CCCC(=O)N(Cc1ccc(C)cc1)C1CC(=O)N(c2ccc(S(N)(=O)=O)cc2)C1=O. The molecule has 1 atom stereocenters. The molecule has 2 aromatic rings. The zero-order valence-electron chi connectivity index (χ0n) is 17.4. The fourth-order valence-corrected chi connectivity index (χ4v) is 4.05. The van der Waals surface area contributed by atoms with Gasteiger partial charge >= 0.3 is 0 Å². The molecule has 8 nitrogen and oxygen atoms in total. The molecule has 9 heteroatoms. The molecule has 0 bridgehead atoms. The third-order valence-corrected chi connectivity index (χ3v) is 6.11. The molecule has 2 aromatic carbocycles. The van der Waals surface area contributed by atoms with Crippen molar-refractivity contribution in [1.29, 1.82) is 0 Å². The average molecular weight is 444 g/mol. The third kappa shape index (κ3) is 5.00. The minimum Gasteiger partial charge on any atom is -0.326 e. The Morgan fingerprint density at radius 2 is 1.71 bits per heavy atom. The van der Waals surface area contributed by atoms with E-state index in [4.69, 9.17) is 5.14 Å². The van der Waals surface area contributed by atoms with E-state index < -0.39 is 27.9 Å². The molecule has 1 aliphatic heterocycles. The fraction of sp³-hybridized carbons (Fsp3) is 0.318. The van der Waals surface area contributed by atoms with Gasteiger partial charge < -0.3 is 4.90 Å². The number of carbonyl (C=O) groups is 3. The molecule has 0 aromatic heterocycles. The molecule has 1 aliphatic rings. The Bertz CT molecular complexity index is 1090. The molecule has 0 saturated carbocycles. The van der Waals surface area contributed by atoms with Crippen molar-refractivity contribution in [2.24, 2.45) is 5.14 Å². The molecular weight excluding hydrogens is 418 g/mol. The summed E-state index contributed by atoms with van der Waals surface area (Å²) in [6, 6.07) is 11.9. The van der Waals surface area contributed by atoms with Crippen LogP contribution in [0, 0.1) is 6.92 Å². The molecule has 3 amide bonds. The Morgan fingerprint density at radius 1 is 1.10 bits per heavy atom. The molecule has 0 radical (unpaired) electrons. The first-order chi connectivity index (χ1) is 14.6. The van der Waals surface area contributed by atoms with Gasteiger partial charge in [0.05, 0.1) is 17.0 Å². The Hall–Kier alpha value is -3.04. The second-order valence-electron chi connectivity index (χ2n) is 7.58. The molecule has 2 N–H and O–H groups in total. The number of carbonyl (C=O) groups excluding carboxylic acids is 3. The number of hydrogen-bond acceptors (Lipinski definition) is 5. The van der Waals surface area contributed by atoms with Crippen LogP contribution in [0.4, 0.5) is 5.69 Å². The van der Waals surface area contributed by atoms with Crippen LogP contribution in [0.5, 0.6) is 0 Å². The highest BCUT2D eigenvalue weighted by molar-refractivity contribution is 7.89. The highest BCUT2D eigenvalue weighted by Gasteiger charge is 2.44. The number of amides is 3. The summed E-state index contributed by atoms with van der Waals surface area (Å²) in [5, 5.41) is 5.10. The highest BCUT2D eigenvalue weighted by atomic mass is 32.2. The van der Waals surface area contributed by atoms with Gasteiger partial charge in [-0.3, -0.25) is 14.4 Å². The van der Waals surface area contributed by atoms with Crippen molar-refractivity contribution in [2.75, 3.05) is 4.90 Å². The predicted octanol–water partition coefficient (Wildman–Crippen LogP) is 2.10. The van der Waals surface area contributed by atoms with Gasteiger partial charge in [0.25, 0.3) is 5.91 Å². The fourth-order valence-electron chi connectivity index (χ4n) is 3.54. The molecule has 1 unspecified atom stereocenters. The number of imide groups is 1. The summed E-state index contributed by atoms with van der Waals surface area (Å²) in [7, 11) is -3.89. The smallest absolute Gasteiger partial charge is 0.257 e. The Morgan fingerprint density at radius 3 is 2.26 bits per heavy atom. The van der Waals surface area contributed by atoms with Gasteiger partial charge in [-0.1, -0.05) is 36.8 Å². The molecule has 1 heterocycles. The van der Waals surface area contributed by atoms with Gasteiger partial charge in [-0.15, -0.1) is 0 Å². The first-order valence-electron chi connectivity index (χ1n) is 9.96. The number of hydrogen-bond donors (Lipinski definition) is 1. The van der Waals surface area contributed by atoms with Crippen molar-refractivity contribution in [2.45, 2.75) is 50.6 Å². The van der Waals surface area contributed by atoms with Crippen LogP contribution >= 0.6 is 0 Å². The van der Waals surface area contributed by atoms with Crippen LogP contribution < -0.4 is 10.0 Å². The first kappa shape index (κ1) is 22.6. The zero-order valence-corrected chi connectivity index (χ0v) is 18.3. The minimum absolute atomic E-state index is 0.119. The van der Waals surface area contributed by atoms with E-state index in [-0.39, 0.29) is 35.9 Å². The van der Waals surface area contributed by atoms with Gasteiger partial charge in [0.1, 0.15) is 6.04 Å². The molecule has 0 aliphatic carbocycles. The predicted molar refractivity (Wildman–Crippen MR) is 115 cm³/mol. The maximum Gasteiger partial charge on any atom is 0.257 e. The second kappa shape index (κ2) is 8.99. The third-order valence-electron chi connectivity index (χ3n) is 5.18. The van der Waals surface area contributed by atoms with Gasteiger partial charge in [-0.2, -0.15) is 0 Å². The van der Waals surface area contributed by atoms with Crippen LogP contribution in [0.2, 0.25) is 0 Å². The van der Waals surface area contributed by atoms with Crippen molar-refractivity contribution < 1.29 is 22.8 Å². The summed E-state index contributed by atoms with van der Waals surface area (Å²) in [6.07, 6.45) is 0.765. The average Bonchev–Trinajstić information content (AvgIpc) is 3.01. The van der Waals surface area contributed by atoms with E-state index in [2.05, 4.69) is 0 Å². The highest BCUT2D eigenvalue weighted by Crippen LogP contribution is 2.28. The van der Waals surface area contributed by atoms with Crippen LogP contribution in [0.15, 0.2) is 53.4 Å². The Balaban J connectivity index is 1.88. The van der Waals surface area contributed by atoms with Gasteiger partial charge in [-0.25, -0.2) is 18.5 Å². The van der Waals surface area contributed by atoms with Crippen molar-refractivity contribution in [1.82, 2.24) is 4.90 Å². The molecule has 1 fully saturated rings. The maximum atomic E-state index is 13.2. The second-order valence-corrected chi connectivity index (χ2v) is 9.14. The molecule has 3 rings (SSSR count). The quantitative estimate of drug-likeness (QED) is 0.658. The largest absolute Gasteiger partial charge is 0.326 e. The number of sulfonamides is 1. The van der Waals surface area contributed by atoms with E-state index in [0.29, 0.717) is 6.42 Å². The molecule has 164 valence electrons. The van der Waals surface area contributed by atoms with Gasteiger partial charge in [0, 0.05) is 13.0 Å². The van der Waals surface area contributed by atoms with Crippen LogP contribution in [-0.2, 0) is 31.0 Å². The molecule has 0 spiro atoms. The van der Waals surface area contributed by atoms with Crippen molar-refractivity contribution in [3.8, 4) is 0 Å². The van der Waals surface area contributed by atoms with Crippen molar-refractivity contribution in [3.05, 3.63) is 59.7 Å². The summed E-state index contributed by atoms with van der Waals surface area (Å²) in [5.41, 5.74) is 2.19. The van der Waals surface area contributed by atoms with Gasteiger partial charge in [-0.05, 0) is 43.2 Å². The number of primary sulfonamides is 1. The summed E-state index contributed by atoms with van der Waals surface area (Å²) < 4.78 is 22.9. The van der Waals surface area contributed by atoms with Crippen LogP contribution in [0.25, 0.3) is 0 Å². The number of aryl methyl sites for hydroxylation is 1. The lowest BCUT2D eigenvalue weighted by molar-refractivity contribution is -0.139. The monoisotopic (exact) mass is 443 g/mol. The van der Waals surface area contributed by atoms with Gasteiger partial charge in [0.2, 0.25) is 21.8 Å². The number of anilines is 1. The maximum absolute atomic E-state index is 13.2. The summed E-state index contributed by atoms with van der Waals surface area (Å²) in [5.74, 6) is -1.15. The van der Waals surface area contributed by atoms with Crippen molar-refractivity contribution >= 4 is 33.4 Å². The Kier molecular flexibility index (Phi) is 6.56. The number of benzene rings is 2. The van der Waals surface area contributed by atoms with Crippen molar-refractivity contribution in [3.63, 3.8) is 0 Å². The van der Waals surface area contributed by atoms with Gasteiger partial charge in [0.15, 0.2) is 0 Å². The van der Waals surface area contributed by atoms with E-state index >= 15 is 0 Å². The lowest BCUT2D eigenvalue weighted by Crippen LogP contribution is -2.45. The van der Waals surface area contributed by atoms with E-state index in [9.17, 15) is 22.8 Å². The van der Waals surface area contributed by atoms with Crippen LogP contribution in [-0.4, -0.2) is 37.1 Å². The standard InChI is InChI=1S/C22H25N3O5S/c1-3-4-20(26)24(14-16-7-5-15(2)6-8-16)19-13-21(27)25(22(19)28)17-9-11-18(12-10-17)31(23,29)30/h5-12,19H,3-4,13-14H2,1-2H3,(H2,23,29,30). The lowest BCUT2D eigenvalue weighted by Gasteiger charge is -2.28. The zero-order chi connectivity index (χ0) is 22.8. The van der Waals surface area contributed by atoms with E-state index in [1.54, 1.807) is 0 Å². The minimum atomic E-state index is -3.89. The van der Waals surface area contributed by atoms with E-state index in [1.807, 2.05) is 38.1 Å². The van der Waals surface area contributed by atoms with Crippen LogP contribution in [0.3, 0.4) is 0 Å². The topological polar surface area (TPSA) is 118 Å². The summed E-state index contributed by atoms with van der Waals surface area (Å²) in [6.45, 7) is 4.06. The summed E-state index contributed by atoms with van der Waals surface area (Å²) in [4.78, 5) is 41.0. The molecule has 1 saturated heterocycles. The van der Waals surface area contributed by atoms with E-state index in [1.165, 1.54) is 29.2 Å². The number of rotatable bonds is 7.